The molecule has 0 unspecified atom stereocenters. The molecule has 9 heteroatoms. The first kappa shape index (κ1) is 18.1. The first-order valence-corrected chi connectivity index (χ1v) is 7.91. The van der Waals surface area contributed by atoms with Crippen LogP contribution >= 0.6 is 11.6 Å². The van der Waals surface area contributed by atoms with Crippen molar-refractivity contribution in [2.45, 2.75) is 37.6 Å². The molecule has 136 valence electrons. The van der Waals surface area contributed by atoms with Crippen LogP contribution in [0.5, 0.6) is 5.75 Å². The van der Waals surface area contributed by atoms with Gasteiger partial charge in [-0.05, 0) is 18.6 Å². The van der Waals surface area contributed by atoms with Gasteiger partial charge < -0.3 is 34.3 Å². The van der Waals surface area contributed by atoms with Crippen LogP contribution in [0.15, 0.2) is 27.4 Å². The third-order valence-corrected chi connectivity index (χ3v) is 4.39. The molecule has 0 bridgehead atoms. The minimum atomic E-state index is -1.57. The first-order chi connectivity index (χ1) is 11.8. The summed E-state index contributed by atoms with van der Waals surface area (Å²) in [5.41, 5.74) is 0.368. The number of hydrogen-bond acceptors (Lipinski definition) is 8. The standard InChI is InChI=1S/C16H17ClO8/c1-6-2-12(19)23-9-4-10(8(17)3-7(6)9)24-16-15(22)14(21)13(20)11(5-18)25-16/h2-4,11,13-16,18,20-22H,5H2,1H3/t11-,13+,14+,15-,16-/m1/s1. The Hall–Kier alpha value is -1.68. The molecule has 2 aromatic rings. The van der Waals surface area contributed by atoms with Crippen LogP contribution < -0.4 is 10.4 Å². The predicted octanol–water partition coefficient (Wildman–Crippen LogP) is -0.0665. The Morgan fingerprint density at radius 1 is 1.16 bits per heavy atom. The summed E-state index contributed by atoms with van der Waals surface area (Å²) >= 11 is 6.17. The molecule has 1 aliphatic heterocycles. The van der Waals surface area contributed by atoms with Gasteiger partial charge in [0.15, 0.2) is 0 Å². The molecule has 0 saturated carbocycles. The second kappa shape index (κ2) is 6.91. The summed E-state index contributed by atoms with van der Waals surface area (Å²) in [6.45, 7) is 1.15. The van der Waals surface area contributed by atoms with Crippen LogP contribution in [0.1, 0.15) is 5.56 Å². The molecule has 8 nitrogen and oxygen atoms in total. The average Bonchev–Trinajstić information content (AvgIpc) is 2.56. The van der Waals surface area contributed by atoms with Crippen LogP contribution in [0.4, 0.5) is 0 Å². The summed E-state index contributed by atoms with van der Waals surface area (Å²) < 4.78 is 15.9. The van der Waals surface area contributed by atoms with Gasteiger partial charge in [0.25, 0.3) is 0 Å². The van der Waals surface area contributed by atoms with Gasteiger partial charge in [0.05, 0.1) is 11.6 Å². The van der Waals surface area contributed by atoms with Gasteiger partial charge in [0.2, 0.25) is 6.29 Å². The van der Waals surface area contributed by atoms with E-state index >= 15 is 0 Å². The Labute approximate surface area is 146 Å². The lowest BCUT2D eigenvalue weighted by atomic mass is 9.99. The quantitative estimate of drug-likeness (QED) is 0.551. The average molecular weight is 373 g/mol. The van der Waals surface area contributed by atoms with Gasteiger partial charge in [-0.3, -0.25) is 0 Å². The maximum absolute atomic E-state index is 11.5. The zero-order valence-corrected chi connectivity index (χ0v) is 13.9. The molecule has 1 saturated heterocycles. The topological polar surface area (TPSA) is 130 Å². The van der Waals surface area contributed by atoms with Crippen LogP contribution in [0.3, 0.4) is 0 Å². The number of aliphatic hydroxyl groups is 4. The van der Waals surface area contributed by atoms with Crippen LogP contribution in [-0.4, -0.2) is 57.7 Å². The van der Waals surface area contributed by atoms with Crippen molar-refractivity contribution < 1.29 is 34.3 Å². The minimum Gasteiger partial charge on any atom is -0.460 e. The van der Waals surface area contributed by atoms with Gasteiger partial charge >= 0.3 is 5.63 Å². The maximum atomic E-state index is 11.5. The molecule has 0 radical (unpaired) electrons. The Morgan fingerprint density at radius 3 is 2.56 bits per heavy atom. The van der Waals surface area contributed by atoms with Gasteiger partial charge in [0.1, 0.15) is 35.7 Å². The van der Waals surface area contributed by atoms with E-state index in [1.54, 1.807) is 6.92 Å². The summed E-state index contributed by atoms with van der Waals surface area (Å²) in [7, 11) is 0. The molecule has 1 aliphatic rings. The highest BCUT2D eigenvalue weighted by Gasteiger charge is 2.44. The van der Waals surface area contributed by atoms with E-state index in [4.69, 9.17) is 25.5 Å². The normalized spacial score (nSPS) is 29.8. The van der Waals surface area contributed by atoms with E-state index < -0.39 is 42.9 Å². The molecule has 5 atom stereocenters. The molecule has 25 heavy (non-hydrogen) atoms. The van der Waals surface area contributed by atoms with Crippen LogP contribution in [0.2, 0.25) is 5.02 Å². The number of hydrogen-bond donors (Lipinski definition) is 4. The SMILES string of the molecule is Cc1cc(=O)oc2cc(O[C@@H]3O[C@H](CO)[C@H](O)[C@H](O)[C@H]3O)c(Cl)cc12. The van der Waals surface area contributed by atoms with E-state index in [1.807, 2.05) is 0 Å². The predicted molar refractivity (Wildman–Crippen MR) is 86.6 cm³/mol. The number of halogens is 1. The molecule has 1 aromatic carbocycles. The van der Waals surface area contributed by atoms with Crippen LogP contribution in [-0.2, 0) is 4.74 Å². The number of rotatable bonds is 3. The molecule has 0 aliphatic carbocycles. The van der Waals surface area contributed by atoms with Gasteiger partial charge in [-0.25, -0.2) is 4.79 Å². The summed E-state index contributed by atoms with van der Waals surface area (Å²) in [5.74, 6) is 0.0484. The van der Waals surface area contributed by atoms with E-state index in [-0.39, 0.29) is 16.4 Å². The third kappa shape index (κ3) is 3.37. The van der Waals surface area contributed by atoms with Crippen molar-refractivity contribution in [2.75, 3.05) is 6.61 Å². The van der Waals surface area contributed by atoms with E-state index in [0.29, 0.717) is 10.9 Å². The molecule has 0 spiro atoms. The van der Waals surface area contributed by atoms with Crippen LogP contribution in [0.25, 0.3) is 11.0 Å². The highest BCUT2D eigenvalue weighted by molar-refractivity contribution is 6.32. The van der Waals surface area contributed by atoms with Crippen LogP contribution in [0, 0.1) is 6.92 Å². The van der Waals surface area contributed by atoms with E-state index in [9.17, 15) is 25.2 Å². The van der Waals surface area contributed by atoms with Crippen molar-refractivity contribution in [1.29, 1.82) is 0 Å². The minimum absolute atomic E-state index is 0.0484. The lowest BCUT2D eigenvalue weighted by Crippen LogP contribution is -2.60. The Kier molecular flexibility index (Phi) is 5.01. The second-order valence-corrected chi connectivity index (χ2v) is 6.25. The number of aryl methyl sites for hydroxylation is 1. The number of aliphatic hydroxyl groups excluding tert-OH is 4. The third-order valence-electron chi connectivity index (χ3n) is 4.10. The van der Waals surface area contributed by atoms with E-state index in [0.717, 1.165) is 0 Å². The van der Waals surface area contributed by atoms with Gasteiger partial charge in [0, 0.05) is 17.5 Å². The monoisotopic (exact) mass is 372 g/mol. The highest BCUT2D eigenvalue weighted by Crippen LogP contribution is 2.33. The molecular weight excluding hydrogens is 356 g/mol. The smallest absolute Gasteiger partial charge is 0.336 e. The van der Waals surface area contributed by atoms with E-state index in [1.165, 1.54) is 18.2 Å². The van der Waals surface area contributed by atoms with Gasteiger partial charge in [-0.1, -0.05) is 11.6 Å². The van der Waals surface area contributed by atoms with Crippen molar-refractivity contribution in [2.24, 2.45) is 0 Å². The van der Waals surface area contributed by atoms with Crippen molar-refractivity contribution in [1.82, 2.24) is 0 Å². The zero-order chi connectivity index (χ0) is 18.3. The lowest BCUT2D eigenvalue weighted by molar-refractivity contribution is -0.277. The number of ether oxygens (including phenoxy) is 2. The van der Waals surface area contributed by atoms with Crippen molar-refractivity contribution in [3.05, 3.63) is 39.2 Å². The molecule has 0 amide bonds. The van der Waals surface area contributed by atoms with Gasteiger partial charge in [-0.15, -0.1) is 0 Å². The molecule has 1 fully saturated rings. The van der Waals surface area contributed by atoms with E-state index in [2.05, 4.69) is 0 Å². The molecule has 2 heterocycles. The maximum Gasteiger partial charge on any atom is 0.336 e. The molecular formula is C16H17ClO8. The molecule has 1 aromatic heterocycles. The van der Waals surface area contributed by atoms with Crippen molar-refractivity contribution in [3.63, 3.8) is 0 Å². The summed E-state index contributed by atoms with van der Waals surface area (Å²) in [6.07, 6.45) is -7.14. The highest BCUT2D eigenvalue weighted by atomic mass is 35.5. The first-order valence-electron chi connectivity index (χ1n) is 7.53. The zero-order valence-electron chi connectivity index (χ0n) is 13.1. The lowest BCUT2D eigenvalue weighted by Gasteiger charge is -2.39. The summed E-state index contributed by atoms with van der Waals surface area (Å²) in [6, 6.07) is 4.23. The number of benzene rings is 1. The largest absolute Gasteiger partial charge is 0.460 e. The fourth-order valence-electron chi connectivity index (χ4n) is 2.70. The molecule has 4 N–H and O–H groups in total. The Balaban J connectivity index is 1.94. The Morgan fingerprint density at radius 2 is 1.88 bits per heavy atom. The summed E-state index contributed by atoms with van der Waals surface area (Å²) in [4.78, 5) is 11.5. The fourth-order valence-corrected chi connectivity index (χ4v) is 2.91. The van der Waals surface area contributed by atoms with Crippen molar-refractivity contribution in [3.8, 4) is 5.75 Å². The fraction of sp³-hybridized carbons (Fsp3) is 0.438. The van der Waals surface area contributed by atoms with Gasteiger partial charge in [-0.2, -0.15) is 0 Å². The Bertz CT molecular complexity index is 833. The molecule has 3 rings (SSSR count). The summed E-state index contributed by atoms with van der Waals surface area (Å²) in [5, 5.41) is 39.6. The second-order valence-electron chi connectivity index (χ2n) is 5.84. The number of fused-ring (bicyclic) bond motifs is 1. The van der Waals surface area contributed by atoms with Crippen molar-refractivity contribution >= 4 is 22.6 Å².